The van der Waals surface area contributed by atoms with Crippen LogP contribution in [0.4, 0.5) is 0 Å². The number of carbonyl (C=O) groups is 1. The zero-order valence-electron chi connectivity index (χ0n) is 18.7. The predicted molar refractivity (Wildman–Crippen MR) is 130 cm³/mol. The van der Waals surface area contributed by atoms with Gasteiger partial charge in [0.2, 0.25) is 5.91 Å². The molecule has 0 radical (unpaired) electrons. The number of hydrogen-bond acceptors (Lipinski definition) is 2. The summed E-state index contributed by atoms with van der Waals surface area (Å²) >= 11 is 0. The average molecular weight is 425 g/mol. The zero-order valence-corrected chi connectivity index (χ0v) is 18.7. The van der Waals surface area contributed by atoms with Gasteiger partial charge < -0.3 is 10.6 Å². The van der Waals surface area contributed by atoms with Crippen molar-refractivity contribution in [3.05, 3.63) is 107 Å². The van der Waals surface area contributed by atoms with Crippen LogP contribution in [0.5, 0.6) is 0 Å². The number of hydrogen-bond donors (Lipinski definition) is 1. The van der Waals surface area contributed by atoms with Gasteiger partial charge in [-0.15, -0.1) is 0 Å². The minimum atomic E-state index is -0.801. The second-order valence-corrected chi connectivity index (χ2v) is 9.40. The smallest absolute Gasteiger partial charge is 0.232 e. The van der Waals surface area contributed by atoms with Crippen molar-refractivity contribution in [2.45, 2.75) is 37.5 Å². The van der Waals surface area contributed by atoms with Crippen LogP contribution in [0.25, 0.3) is 0 Å². The van der Waals surface area contributed by atoms with Crippen molar-refractivity contribution in [2.24, 2.45) is 11.7 Å². The molecule has 3 nitrogen and oxygen atoms in total. The summed E-state index contributed by atoms with van der Waals surface area (Å²) in [6, 6.07) is 27.3. The summed E-state index contributed by atoms with van der Waals surface area (Å²) in [7, 11) is 0. The van der Waals surface area contributed by atoms with Crippen LogP contribution in [0.1, 0.15) is 40.7 Å². The number of aryl methyl sites for hydroxylation is 2. The Morgan fingerprint density at radius 2 is 1.56 bits per heavy atom. The number of rotatable bonds is 7. The third-order valence-electron chi connectivity index (χ3n) is 7.61. The second kappa shape index (κ2) is 8.91. The molecule has 1 saturated heterocycles. The van der Waals surface area contributed by atoms with E-state index in [1.54, 1.807) is 5.56 Å². The molecule has 5 rings (SSSR count). The first-order chi connectivity index (χ1) is 15.7. The first kappa shape index (κ1) is 21.0. The van der Waals surface area contributed by atoms with Crippen LogP contribution in [0.2, 0.25) is 0 Å². The van der Waals surface area contributed by atoms with E-state index in [2.05, 4.69) is 47.4 Å². The molecule has 0 bridgehead atoms. The fourth-order valence-electron chi connectivity index (χ4n) is 5.98. The number of fused-ring (bicyclic) bond motifs is 1. The van der Waals surface area contributed by atoms with E-state index in [1.807, 2.05) is 36.4 Å². The highest BCUT2D eigenvalue weighted by Gasteiger charge is 2.49. The lowest BCUT2D eigenvalue weighted by molar-refractivity contribution is -0.123. The fraction of sp³-hybridized carbons (Fsp3) is 0.345. The molecule has 1 amide bonds. The Morgan fingerprint density at radius 3 is 2.22 bits per heavy atom. The molecule has 2 N–H and O–H groups in total. The molecule has 0 saturated carbocycles. The fourth-order valence-corrected chi connectivity index (χ4v) is 5.98. The molecule has 1 aliphatic heterocycles. The Balaban J connectivity index is 1.38. The lowest BCUT2D eigenvalue weighted by Gasteiger charge is -2.37. The minimum Gasteiger partial charge on any atom is -0.369 e. The van der Waals surface area contributed by atoms with E-state index >= 15 is 0 Å². The van der Waals surface area contributed by atoms with Crippen LogP contribution in [0.3, 0.4) is 0 Å². The molecule has 3 aromatic carbocycles. The zero-order chi connectivity index (χ0) is 22.0. The molecule has 2 aliphatic rings. The van der Waals surface area contributed by atoms with Crippen LogP contribution in [-0.4, -0.2) is 30.4 Å². The number of carbonyl (C=O) groups excluding carboxylic acids is 1. The SMILES string of the molecule is NC(=O)C(c1ccccc1)(c1ccccc1)[C@@H]1CCN(CCc2ccc3c(c2)CCC3)C1. The highest BCUT2D eigenvalue weighted by Crippen LogP contribution is 2.43. The van der Waals surface area contributed by atoms with E-state index in [4.69, 9.17) is 5.73 Å². The van der Waals surface area contributed by atoms with Crippen molar-refractivity contribution >= 4 is 5.91 Å². The Kier molecular flexibility index (Phi) is 5.84. The van der Waals surface area contributed by atoms with Gasteiger partial charge in [-0.25, -0.2) is 0 Å². The summed E-state index contributed by atoms with van der Waals surface area (Å²) in [5, 5.41) is 0. The number of likely N-dealkylation sites (tertiary alicyclic amines) is 1. The summed E-state index contributed by atoms with van der Waals surface area (Å²) in [6.07, 6.45) is 5.78. The summed E-state index contributed by atoms with van der Waals surface area (Å²) < 4.78 is 0. The van der Waals surface area contributed by atoms with Gasteiger partial charge in [-0.2, -0.15) is 0 Å². The molecule has 164 valence electrons. The lowest BCUT2D eigenvalue weighted by Crippen LogP contribution is -2.49. The first-order valence-electron chi connectivity index (χ1n) is 11.9. The van der Waals surface area contributed by atoms with Crippen molar-refractivity contribution < 1.29 is 4.79 Å². The molecule has 1 fully saturated rings. The van der Waals surface area contributed by atoms with Gasteiger partial charge in [0, 0.05) is 13.1 Å². The maximum absolute atomic E-state index is 13.2. The third-order valence-corrected chi connectivity index (χ3v) is 7.61. The average Bonchev–Trinajstić information content (AvgIpc) is 3.49. The number of nitrogens with two attached hydrogens (primary N) is 1. The van der Waals surface area contributed by atoms with E-state index in [9.17, 15) is 4.79 Å². The maximum Gasteiger partial charge on any atom is 0.232 e. The molecule has 1 atom stereocenters. The summed E-state index contributed by atoms with van der Waals surface area (Å²) in [5.74, 6) is -0.0924. The van der Waals surface area contributed by atoms with Crippen molar-refractivity contribution in [1.29, 1.82) is 0 Å². The maximum atomic E-state index is 13.2. The summed E-state index contributed by atoms with van der Waals surface area (Å²) in [4.78, 5) is 15.7. The van der Waals surface area contributed by atoms with Crippen molar-refractivity contribution in [1.82, 2.24) is 4.90 Å². The third kappa shape index (κ3) is 3.75. The van der Waals surface area contributed by atoms with E-state index in [0.717, 1.165) is 43.6 Å². The standard InChI is InChI=1S/C29H32N2O/c30-28(32)29(25-10-3-1-4-11-25,26-12-5-2-6-13-26)27-17-19-31(21-27)18-16-22-14-15-23-8-7-9-24(23)20-22/h1-6,10-15,20,27H,7-9,16-19,21H2,(H2,30,32)/t27-/m1/s1. The molecule has 0 unspecified atom stereocenters. The van der Waals surface area contributed by atoms with Gasteiger partial charge in [-0.3, -0.25) is 4.79 Å². The molecule has 3 heteroatoms. The van der Waals surface area contributed by atoms with Crippen LogP contribution in [-0.2, 0) is 29.5 Å². The largest absolute Gasteiger partial charge is 0.369 e. The molecule has 32 heavy (non-hydrogen) atoms. The molecule has 1 aliphatic carbocycles. The highest BCUT2D eigenvalue weighted by atomic mass is 16.1. The second-order valence-electron chi connectivity index (χ2n) is 9.40. The van der Waals surface area contributed by atoms with E-state index in [-0.39, 0.29) is 11.8 Å². The molecule has 0 aromatic heterocycles. The quantitative estimate of drug-likeness (QED) is 0.607. The Hall–Kier alpha value is -2.91. The Morgan fingerprint density at radius 1 is 0.906 bits per heavy atom. The van der Waals surface area contributed by atoms with Gasteiger partial charge in [0.15, 0.2) is 0 Å². The van der Waals surface area contributed by atoms with Crippen molar-refractivity contribution in [3.63, 3.8) is 0 Å². The van der Waals surface area contributed by atoms with Gasteiger partial charge in [-0.1, -0.05) is 78.9 Å². The topological polar surface area (TPSA) is 46.3 Å². The molecule has 1 heterocycles. The van der Waals surface area contributed by atoms with Gasteiger partial charge >= 0.3 is 0 Å². The van der Waals surface area contributed by atoms with Crippen LogP contribution in [0.15, 0.2) is 78.9 Å². The summed E-state index contributed by atoms with van der Waals surface area (Å²) in [5.41, 5.74) is 11.9. The van der Waals surface area contributed by atoms with Crippen LogP contribution < -0.4 is 5.73 Å². The molecular formula is C29H32N2O. The predicted octanol–water partition coefficient (Wildman–Crippen LogP) is 4.51. The molecular weight excluding hydrogens is 392 g/mol. The van der Waals surface area contributed by atoms with Crippen LogP contribution >= 0.6 is 0 Å². The first-order valence-corrected chi connectivity index (χ1v) is 11.9. The van der Waals surface area contributed by atoms with Gasteiger partial charge in [0.05, 0.1) is 0 Å². The molecule has 0 spiro atoms. The Bertz CT molecular complexity index is 1040. The van der Waals surface area contributed by atoms with E-state index < -0.39 is 5.41 Å². The van der Waals surface area contributed by atoms with Crippen LogP contribution in [0, 0.1) is 5.92 Å². The van der Waals surface area contributed by atoms with Gasteiger partial charge in [-0.05, 0) is 72.4 Å². The summed E-state index contributed by atoms with van der Waals surface area (Å²) in [6.45, 7) is 2.91. The molecule has 3 aromatic rings. The van der Waals surface area contributed by atoms with Crippen molar-refractivity contribution in [3.8, 4) is 0 Å². The minimum absolute atomic E-state index is 0.157. The van der Waals surface area contributed by atoms with E-state index in [1.165, 1.54) is 30.4 Å². The number of amides is 1. The monoisotopic (exact) mass is 424 g/mol. The lowest BCUT2D eigenvalue weighted by atomic mass is 9.64. The normalized spacial score (nSPS) is 18.6. The Labute approximate surface area is 191 Å². The number of nitrogens with zero attached hydrogens (tertiary/aromatic N) is 1. The van der Waals surface area contributed by atoms with Gasteiger partial charge in [0.25, 0.3) is 0 Å². The number of benzene rings is 3. The highest BCUT2D eigenvalue weighted by molar-refractivity contribution is 5.91. The van der Waals surface area contributed by atoms with E-state index in [0.29, 0.717) is 0 Å². The number of primary amides is 1. The van der Waals surface area contributed by atoms with Gasteiger partial charge in [0.1, 0.15) is 5.41 Å². The van der Waals surface area contributed by atoms with Crippen molar-refractivity contribution in [2.75, 3.05) is 19.6 Å².